The predicted octanol–water partition coefficient (Wildman–Crippen LogP) is 3.41. The molecule has 88 valence electrons. The fraction of sp³-hybridized carbons (Fsp3) is 0.308. The molecule has 4 heteroatoms. The van der Waals surface area contributed by atoms with Crippen molar-refractivity contribution in [2.75, 3.05) is 11.4 Å². The molecule has 3 rings (SSSR count). The highest BCUT2D eigenvalue weighted by Gasteiger charge is 2.24. The van der Waals surface area contributed by atoms with Gasteiger partial charge in [-0.05, 0) is 36.4 Å². The van der Waals surface area contributed by atoms with Gasteiger partial charge in [-0.1, -0.05) is 0 Å². The Labute approximate surface area is 104 Å². The maximum absolute atomic E-state index is 13.1. The van der Waals surface area contributed by atoms with Crippen LogP contribution >= 0.6 is 11.3 Å². The molecule has 0 N–H and O–H groups in total. The van der Waals surface area contributed by atoms with E-state index in [1.54, 1.807) is 0 Å². The van der Waals surface area contributed by atoms with Crippen LogP contribution in [0.5, 0.6) is 0 Å². The number of pyridine rings is 1. The van der Waals surface area contributed by atoms with Crippen molar-refractivity contribution in [2.24, 2.45) is 0 Å². The van der Waals surface area contributed by atoms with Crippen molar-refractivity contribution in [1.29, 1.82) is 0 Å². The molecule has 0 radical (unpaired) electrons. The zero-order valence-electron chi connectivity index (χ0n) is 9.56. The SMILES string of the molecule is CC1c2ccsc2CCN1c1ccnc(F)c1. The van der Waals surface area contributed by atoms with Gasteiger partial charge in [0.1, 0.15) is 0 Å². The lowest BCUT2D eigenvalue weighted by atomic mass is 10.0. The molecular formula is C13H13FN2S. The molecule has 2 aromatic rings. The number of nitrogens with zero attached hydrogens (tertiary/aromatic N) is 2. The number of rotatable bonds is 1. The molecule has 0 aliphatic carbocycles. The standard InChI is InChI=1S/C13H13FN2S/c1-9-11-4-7-17-12(11)3-6-16(9)10-2-5-15-13(14)8-10/h2,4-5,7-9H,3,6H2,1H3. The van der Waals surface area contributed by atoms with Crippen molar-refractivity contribution in [3.8, 4) is 0 Å². The van der Waals surface area contributed by atoms with Gasteiger partial charge in [0.2, 0.25) is 5.95 Å². The second kappa shape index (κ2) is 4.11. The Hall–Kier alpha value is -1.42. The van der Waals surface area contributed by atoms with Gasteiger partial charge in [-0.15, -0.1) is 11.3 Å². The van der Waals surface area contributed by atoms with Crippen LogP contribution in [0.15, 0.2) is 29.8 Å². The third-order valence-electron chi connectivity index (χ3n) is 3.32. The molecule has 1 aliphatic heterocycles. The molecule has 0 fully saturated rings. The normalized spacial score (nSPS) is 19.2. The fourth-order valence-corrected chi connectivity index (χ4v) is 3.40. The molecule has 0 saturated carbocycles. The molecule has 1 atom stereocenters. The molecule has 2 aromatic heterocycles. The molecule has 1 aliphatic rings. The van der Waals surface area contributed by atoms with Crippen LogP contribution in [0.3, 0.4) is 0 Å². The summed E-state index contributed by atoms with van der Waals surface area (Å²) in [6, 6.07) is 5.87. The Bertz CT molecular complexity index is 538. The van der Waals surface area contributed by atoms with E-state index in [4.69, 9.17) is 0 Å². The van der Waals surface area contributed by atoms with Gasteiger partial charge in [-0.25, -0.2) is 4.98 Å². The second-order valence-electron chi connectivity index (χ2n) is 4.26. The quantitative estimate of drug-likeness (QED) is 0.719. The first-order valence-corrected chi connectivity index (χ1v) is 6.58. The van der Waals surface area contributed by atoms with Crippen molar-refractivity contribution in [3.05, 3.63) is 46.2 Å². The maximum Gasteiger partial charge on any atom is 0.214 e. The van der Waals surface area contributed by atoms with E-state index in [2.05, 4.69) is 28.3 Å². The van der Waals surface area contributed by atoms with E-state index < -0.39 is 5.95 Å². The molecule has 0 spiro atoms. The summed E-state index contributed by atoms with van der Waals surface area (Å²) >= 11 is 1.82. The lowest BCUT2D eigenvalue weighted by Gasteiger charge is -2.35. The first kappa shape index (κ1) is 10.7. The third-order valence-corrected chi connectivity index (χ3v) is 4.32. The van der Waals surface area contributed by atoms with E-state index in [9.17, 15) is 4.39 Å². The zero-order chi connectivity index (χ0) is 11.8. The highest BCUT2D eigenvalue weighted by molar-refractivity contribution is 7.10. The molecule has 0 bridgehead atoms. The van der Waals surface area contributed by atoms with E-state index in [1.807, 2.05) is 17.4 Å². The Balaban J connectivity index is 1.96. The van der Waals surface area contributed by atoms with Crippen molar-refractivity contribution >= 4 is 17.0 Å². The van der Waals surface area contributed by atoms with Crippen LogP contribution in [0, 0.1) is 5.95 Å². The number of halogens is 1. The minimum Gasteiger partial charge on any atom is -0.364 e. The summed E-state index contributed by atoms with van der Waals surface area (Å²) in [5.74, 6) is -0.411. The smallest absolute Gasteiger partial charge is 0.214 e. The molecule has 3 heterocycles. The van der Waals surface area contributed by atoms with Gasteiger partial charge in [0.25, 0.3) is 0 Å². The highest BCUT2D eigenvalue weighted by atomic mass is 32.1. The predicted molar refractivity (Wildman–Crippen MR) is 68.0 cm³/mol. The first-order chi connectivity index (χ1) is 8.25. The summed E-state index contributed by atoms with van der Waals surface area (Å²) in [6.45, 7) is 3.11. The number of aromatic nitrogens is 1. The first-order valence-electron chi connectivity index (χ1n) is 5.70. The summed E-state index contributed by atoms with van der Waals surface area (Å²) in [7, 11) is 0. The average molecular weight is 248 g/mol. The Morgan fingerprint density at radius 2 is 2.35 bits per heavy atom. The molecular weight excluding hydrogens is 235 g/mol. The van der Waals surface area contributed by atoms with Gasteiger partial charge in [-0.3, -0.25) is 0 Å². The summed E-state index contributed by atoms with van der Waals surface area (Å²) in [6.07, 6.45) is 2.57. The fourth-order valence-electron chi connectivity index (χ4n) is 2.43. The summed E-state index contributed by atoms with van der Waals surface area (Å²) in [5.41, 5.74) is 2.29. The van der Waals surface area contributed by atoms with Crippen molar-refractivity contribution in [2.45, 2.75) is 19.4 Å². The Kier molecular flexibility index (Phi) is 2.59. The highest BCUT2D eigenvalue weighted by Crippen LogP contribution is 2.35. The van der Waals surface area contributed by atoms with Crippen LogP contribution in [-0.4, -0.2) is 11.5 Å². The lowest BCUT2D eigenvalue weighted by Crippen LogP contribution is -2.33. The molecule has 0 aromatic carbocycles. The van der Waals surface area contributed by atoms with Crippen LogP contribution < -0.4 is 4.90 Å². The van der Waals surface area contributed by atoms with E-state index >= 15 is 0 Å². The number of fused-ring (bicyclic) bond motifs is 1. The molecule has 1 unspecified atom stereocenters. The Morgan fingerprint density at radius 1 is 1.47 bits per heavy atom. The lowest BCUT2D eigenvalue weighted by molar-refractivity contribution is 0.577. The van der Waals surface area contributed by atoms with Crippen LogP contribution in [0.1, 0.15) is 23.4 Å². The van der Waals surface area contributed by atoms with Crippen LogP contribution in [0.2, 0.25) is 0 Å². The van der Waals surface area contributed by atoms with Gasteiger partial charge in [0.15, 0.2) is 0 Å². The number of thiophene rings is 1. The van der Waals surface area contributed by atoms with Crippen LogP contribution in [-0.2, 0) is 6.42 Å². The number of hydrogen-bond donors (Lipinski definition) is 0. The maximum atomic E-state index is 13.1. The van der Waals surface area contributed by atoms with Gasteiger partial charge in [0, 0.05) is 29.4 Å². The van der Waals surface area contributed by atoms with Crippen molar-refractivity contribution < 1.29 is 4.39 Å². The van der Waals surface area contributed by atoms with Crippen LogP contribution in [0.25, 0.3) is 0 Å². The molecule has 2 nitrogen and oxygen atoms in total. The van der Waals surface area contributed by atoms with E-state index in [1.165, 1.54) is 22.7 Å². The number of hydrogen-bond acceptors (Lipinski definition) is 3. The molecule has 0 saturated heterocycles. The topological polar surface area (TPSA) is 16.1 Å². The monoisotopic (exact) mass is 248 g/mol. The minimum atomic E-state index is -0.411. The molecule has 0 amide bonds. The van der Waals surface area contributed by atoms with Gasteiger partial charge < -0.3 is 4.90 Å². The van der Waals surface area contributed by atoms with Gasteiger partial charge in [-0.2, -0.15) is 4.39 Å². The minimum absolute atomic E-state index is 0.312. The van der Waals surface area contributed by atoms with Gasteiger partial charge >= 0.3 is 0 Å². The zero-order valence-corrected chi connectivity index (χ0v) is 10.4. The van der Waals surface area contributed by atoms with Crippen molar-refractivity contribution in [3.63, 3.8) is 0 Å². The van der Waals surface area contributed by atoms with E-state index in [0.29, 0.717) is 6.04 Å². The van der Waals surface area contributed by atoms with Gasteiger partial charge in [0.05, 0.1) is 6.04 Å². The summed E-state index contributed by atoms with van der Waals surface area (Å²) < 4.78 is 13.1. The second-order valence-corrected chi connectivity index (χ2v) is 5.26. The van der Waals surface area contributed by atoms with E-state index in [0.717, 1.165) is 18.7 Å². The molecule has 17 heavy (non-hydrogen) atoms. The van der Waals surface area contributed by atoms with Crippen molar-refractivity contribution in [1.82, 2.24) is 4.98 Å². The summed E-state index contributed by atoms with van der Waals surface area (Å²) in [4.78, 5) is 7.30. The van der Waals surface area contributed by atoms with E-state index in [-0.39, 0.29) is 0 Å². The number of anilines is 1. The van der Waals surface area contributed by atoms with Crippen LogP contribution in [0.4, 0.5) is 10.1 Å². The average Bonchev–Trinajstić information content (AvgIpc) is 2.78. The Morgan fingerprint density at radius 3 is 3.18 bits per heavy atom. The largest absolute Gasteiger partial charge is 0.364 e. The summed E-state index contributed by atoms with van der Waals surface area (Å²) in [5, 5.41) is 2.14. The third kappa shape index (κ3) is 1.82.